The molecule has 0 amide bonds. The van der Waals surface area contributed by atoms with Crippen molar-refractivity contribution in [3.8, 4) is 5.75 Å². The molecule has 82 valence electrons. The van der Waals surface area contributed by atoms with Crippen LogP contribution in [-0.4, -0.2) is 17.2 Å². The number of carbonyl (C=O) groups is 1. The van der Waals surface area contributed by atoms with E-state index in [-0.39, 0.29) is 5.92 Å². The molecule has 0 heterocycles. The highest BCUT2D eigenvalue weighted by atomic mass is 16.5. The molecule has 0 aliphatic carbocycles. The Morgan fingerprint density at radius 1 is 1.40 bits per heavy atom. The number of carboxylic acid groups (broad SMARTS) is 1. The van der Waals surface area contributed by atoms with Crippen molar-refractivity contribution < 1.29 is 14.6 Å². The third-order valence-corrected chi connectivity index (χ3v) is 2.10. The topological polar surface area (TPSA) is 46.5 Å². The fraction of sp³-hybridized carbons (Fsp3) is 0.417. The van der Waals surface area contributed by atoms with Crippen LogP contribution in [0, 0.1) is 12.8 Å². The van der Waals surface area contributed by atoms with Crippen LogP contribution in [0.5, 0.6) is 5.75 Å². The zero-order chi connectivity index (χ0) is 11.4. The van der Waals surface area contributed by atoms with Crippen molar-refractivity contribution in [3.63, 3.8) is 0 Å². The summed E-state index contributed by atoms with van der Waals surface area (Å²) in [6.45, 7) is 5.60. The monoisotopic (exact) mass is 208 g/mol. The second kappa shape index (κ2) is 4.82. The highest BCUT2D eigenvalue weighted by Crippen LogP contribution is 2.17. The zero-order valence-electron chi connectivity index (χ0n) is 9.23. The van der Waals surface area contributed by atoms with E-state index in [0.717, 1.165) is 5.56 Å². The van der Waals surface area contributed by atoms with Crippen LogP contribution in [0.1, 0.15) is 19.4 Å². The van der Waals surface area contributed by atoms with Crippen molar-refractivity contribution in [2.24, 2.45) is 5.92 Å². The SMILES string of the molecule is Cc1cccc(O[C@H](C(=O)O)C(C)C)c1. The van der Waals surface area contributed by atoms with Crippen LogP contribution in [-0.2, 0) is 4.79 Å². The minimum atomic E-state index is -0.925. The van der Waals surface area contributed by atoms with Crippen molar-refractivity contribution >= 4 is 5.97 Å². The van der Waals surface area contributed by atoms with Crippen molar-refractivity contribution in [1.29, 1.82) is 0 Å². The first-order chi connectivity index (χ1) is 7.00. The quantitative estimate of drug-likeness (QED) is 0.826. The van der Waals surface area contributed by atoms with Gasteiger partial charge in [-0.05, 0) is 24.6 Å². The third kappa shape index (κ3) is 3.27. The Kier molecular flexibility index (Phi) is 3.72. The number of benzene rings is 1. The number of aliphatic carboxylic acids is 1. The van der Waals surface area contributed by atoms with Gasteiger partial charge in [0.05, 0.1) is 0 Å². The highest BCUT2D eigenvalue weighted by molar-refractivity contribution is 5.73. The summed E-state index contributed by atoms with van der Waals surface area (Å²) in [5.74, 6) is -0.370. The molecule has 0 radical (unpaired) electrons. The second-order valence-corrected chi connectivity index (χ2v) is 3.94. The van der Waals surface area contributed by atoms with E-state index in [1.165, 1.54) is 0 Å². The molecule has 0 aromatic heterocycles. The molecule has 1 rings (SSSR count). The van der Waals surface area contributed by atoms with E-state index < -0.39 is 12.1 Å². The maximum Gasteiger partial charge on any atom is 0.345 e. The largest absolute Gasteiger partial charge is 0.478 e. The average molecular weight is 208 g/mol. The van der Waals surface area contributed by atoms with Crippen LogP contribution in [0.4, 0.5) is 0 Å². The Labute approximate surface area is 89.7 Å². The van der Waals surface area contributed by atoms with Crippen LogP contribution >= 0.6 is 0 Å². The molecule has 0 fully saturated rings. The zero-order valence-corrected chi connectivity index (χ0v) is 9.23. The first-order valence-corrected chi connectivity index (χ1v) is 4.97. The summed E-state index contributed by atoms with van der Waals surface area (Å²) in [5.41, 5.74) is 1.06. The molecule has 3 nitrogen and oxygen atoms in total. The van der Waals surface area contributed by atoms with E-state index >= 15 is 0 Å². The summed E-state index contributed by atoms with van der Waals surface area (Å²) in [7, 11) is 0. The van der Waals surface area contributed by atoms with E-state index in [2.05, 4.69) is 0 Å². The summed E-state index contributed by atoms with van der Waals surface area (Å²) in [6.07, 6.45) is -0.785. The predicted molar refractivity (Wildman–Crippen MR) is 58.1 cm³/mol. The Morgan fingerprint density at radius 3 is 2.53 bits per heavy atom. The van der Waals surface area contributed by atoms with Crippen molar-refractivity contribution in [2.75, 3.05) is 0 Å². The summed E-state index contributed by atoms with van der Waals surface area (Å²) in [5, 5.41) is 8.95. The molecule has 1 N–H and O–H groups in total. The molecular weight excluding hydrogens is 192 g/mol. The fourth-order valence-electron chi connectivity index (χ4n) is 1.31. The van der Waals surface area contributed by atoms with Gasteiger partial charge in [0.2, 0.25) is 0 Å². The minimum Gasteiger partial charge on any atom is -0.478 e. The Hall–Kier alpha value is -1.51. The van der Waals surface area contributed by atoms with Crippen LogP contribution in [0.2, 0.25) is 0 Å². The van der Waals surface area contributed by atoms with Crippen LogP contribution < -0.4 is 4.74 Å². The molecule has 1 atom stereocenters. The summed E-state index contributed by atoms with van der Waals surface area (Å²) in [6, 6.07) is 7.39. The lowest BCUT2D eigenvalue weighted by Gasteiger charge is -2.18. The van der Waals surface area contributed by atoms with Crippen molar-refractivity contribution in [3.05, 3.63) is 29.8 Å². The van der Waals surface area contributed by atoms with Gasteiger partial charge in [-0.15, -0.1) is 0 Å². The maximum absolute atomic E-state index is 10.9. The lowest BCUT2D eigenvalue weighted by molar-refractivity contribution is -0.147. The molecule has 0 bridgehead atoms. The fourth-order valence-corrected chi connectivity index (χ4v) is 1.31. The number of ether oxygens (including phenoxy) is 1. The molecule has 0 spiro atoms. The van der Waals surface area contributed by atoms with Gasteiger partial charge in [-0.2, -0.15) is 0 Å². The first-order valence-electron chi connectivity index (χ1n) is 4.97. The van der Waals surface area contributed by atoms with Crippen LogP contribution in [0.15, 0.2) is 24.3 Å². The Bertz CT molecular complexity index is 344. The second-order valence-electron chi connectivity index (χ2n) is 3.94. The van der Waals surface area contributed by atoms with Gasteiger partial charge in [0, 0.05) is 5.92 Å². The van der Waals surface area contributed by atoms with E-state index in [9.17, 15) is 4.79 Å². The van der Waals surface area contributed by atoms with Gasteiger partial charge in [-0.25, -0.2) is 4.79 Å². The molecule has 0 saturated heterocycles. The lowest BCUT2D eigenvalue weighted by Crippen LogP contribution is -2.32. The summed E-state index contributed by atoms with van der Waals surface area (Å²) in [4.78, 5) is 10.9. The van der Waals surface area contributed by atoms with Crippen LogP contribution in [0.3, 0.4) is 0 Å². The van der Waals surface area contributed by atoms with Crippen LogP contribution in [0.25, 0.3) is 0 Å². The standard InChI is InChI=1S/C12H16O3/c1-8(2)11(12(13)14)15-10-6-4-5-9(3)7-10/h4-8,11H,1-3H3,(H,13,14)/t11-/m0/s1. The van der Waals surface area contributed by atoms with E-state index in [1.807, 2.05) is 39.0 Å². The van der Waals surface area contributed by atoms with Gasteiger partial charge in [-0.1, -0.05) is 26.0 Å². The van der Waals surface area contributed by atoms with Gasteiger partial charge in [-0.3, -0.25) is 0 Å². The average Bonchev–Trinajstić information content (AvgIpc) is 2.13. The molecule has 0 aliphatic heterocycles. The van der Waals surface area contributed by atoms with E-state index in [0.29, 0.717) is 5.75 Å². The van der Waals surface area contributed by atoms with Gasteiger partial charge in [0.25, 0.3) is 0 Å². The van der Waals surface area contributed by atoms with Gasteiger partial charge < -0.3 is 9.84 Å². The number of hydrogen-bond acceptors (Lipinski definition) is 2. The Morgan fingerprint density at radius 2 is 2.07 bits per heavy atom. The number of rotatable bonds is 4. The van der Waals surface area contributed by atoms with E-state index in [4.69, 9.17) is 9.84 Å². The number of hydrogen-bond donors (Lipinski definition) is 1. The highest BCUT2D eigenvalue weighted by Gasteiger charge is 2.23. The van der Waals surface area contributed by atoms with Crippen molar-refractivity contribution in [1.82, 2.24) is 0 Å². The van der Waals surface area contributed by atoms with E-state index in [1.54, 1.807) is 6.07 Å². The number of aryl methyl sites for hydroxylation is 1. The first kappa shape index (κ1) is 11.6. The van der Waals surface area contributed by atoms with Gasteiger partial charge in [0.15, 0.2) is 6.10 Å². The van der Waals surface area contributed by atoms with Gasteiger partial charge in [0.1, 0.15) is 5.75 Å². The summed E-state index contributed by atoms with van der Waals surface area (Å²) < 4.78 is 5.42. The lowest BCUT2D eigenvalue weighted by atomic mass is 10.1. The smallest absolute Gasteiger partial charge is 0.345 e. The molecule has 3 heteroatoms. The Balaban J connectivity index is 2.79. The molecule has 1 aromatic carbocycles. The molecule has 0 unspecified atom stereocenters. The molecule has 15 heavy (non-hydrogen) atoms. The molecule has 1 aromatic rings. The van der Waals surface area contributed by atoms with Gasteiger partial charge >= 0.3 is 5.97 Å². The maximum atomic E-state index is 10.9. The number of carboxylic acids is 1. The predicted octanol–water partition coefficient (Wildman–Crippen LogP) is 2.48. The molecule has 0 saturated carbocycles. The minimum absolute atomic E-state index is 0.0528. The third-order valence-electron chi connectivity index (χ3n) is 2.10. The normalized spacial score (nSPS) is 12.5. The molecular formula is C12H16O3. The van der Waals surface area contributed by atoms with Crippen molar-refractivity contribution in [2.45, 2.75) is 26.9 Å². The molecule has 0 aliphatic rings. The summed E-state index contributed by atoms with van der Waals surface area (Å²) >= 11 is 0.